The number of nitrogens with zero attached hydrogens (tertiary/aromatic N) is 3. The highest BCUT2D eigenvalue weighted by atomic mass is 35.5. The summed E-state index contributed by atoms with van der Waals surface area (Å²) in [6.45, 7) is 8.21. The third-order valence-corrected chi connectivity index (χ3v) is 6.26. The van der Waals surface area contributed by atoms with E-state index in [1.807, 2.05) is 24.3 Å². The maximum atomic E-state index is 13.2. The van der Waals surface area contributed by atoms with E-state index in [-0.39, 0.29) is 27.8 Å². The van der Waals surface area contributed by atoms with Crippen molar-refractivity contribution in [1.82, 2.24) is 10.1 Å². The summed E-state index contributed by atoms with van der Waals surface area (Å²) in [7, 11) is -3.90. The van der Waals surface area contributed by atoms with Gasteiger partial charge in [0.05, 0.1) is 6.54 Å². The number of aryl methyl sites for hydroxylation is 1. The molecule has 3 aromatic rings. The summed E-state index contributed by atoms with van der Waals surface area (Å²) in [5.74, 6) is 0.736. The van der Waals surface area contributed by atoms with Gasteiger partial charge in [0, 0.05) is 12.3 Å². The van der Waals surface area contributed by atoms with Gasteiger partial charge >= 0.3 is 0 Å². The lowest BCUT2D eigenvalue weighted by Crippen LogP contribution is -2.31. The van der Waals surface area contributed by atoms with Gasteiger partial charge < -0.3 is 4.52 Å². The molecule has 0 atom stereocenters. The first-order valence-electron chi connectivity index (χ1n) is 8.74. The molecule has 0 aliphatic rings. The predicted octanol–water partition coefficient (Wildman–Crippen LogP) is 4.72. The molecule has 0 saturated heterocycles. The van der Waals surface area contributed by atoms with Crippen molar-refractivity contribution in [2.24, 2.45) is 0 Å². The fourth-order valence-electron chi connectivity index (χ4n) is 2.68. The lowest BCUT2D eigenvalue weighted by atomic mass is 9.87. The molecule has 0 saturated carbocycles. The number of halogens is 1. The third-order valence-electron chi connectivity index (χ3n) is 4.31. The van der Waals surface area contributed by atoms with Crippen molar-refractivity contribution >= 4 is 27.4 Å². The first kappa shape index (κ1) is 20.4. The summed E-state index contributed by atoms with van der Waals surface area (Å²) in [4.78, 5) is 3.92. The van der Waals surface area contributed by atoms with Gasteiger partial charge in [-0.2, -0.15) is 0 Å². The van der Waals surface area contributed by atoms with E-state index in [1.165, 1.54) is 28.2 Å². The van der Waals surface area contributed by atoms with E-state index >= 15 is 0 Å². The van der Waals surface area contributed by atoms with Crippen LogP contribution in [0.3, 0.4) is 0 Å². The van der Waals surface area contributed by atoms with E-state index in [9.17, 15) is 8.42 Å². The second-order valence-corrected chi connectivity index (χ2v) is 9.82. The van der Waals surface area contributed by atoms with Crippen molar-refractivity contribution in [2.45, 2.75) is 44.6 Å². The van der Waals surface area contributed by atoms with Gasteiger partial charge in [-0.1, -0.05) is 61.8 Å². The molecule has 0 N–H and O–H groups in total. The van der Waals surface area contributed by atoms with Crippen molar-refractivity contribution < 1.29 is 12.9 Å². The number of sulfonamides is 1. The van der Waals surface area contributed by atoms with Crippen LogP contribution in [0.5, 0.6) is 0 Å². The van der Waals surface area contributed by atoms with Gasteiger partial charge in [-0.25, -0.2) is 17.7 Å². The number of rotatable bonds is 5. The van der Waals surface area contributed by atoms with Gasteiger partial charge in [-0.15, -0.1) is 0 Å². The van der Waals surface area contributed by atoms with Crippen LogP contribution in [0.2, 0.25) is 5.15 Å². The molecule has 8 heteroatoms. The molecule has 0 unspecified atom stereocenters. The van der Waals surface area contributed by atoms with Crippen LogP contribution in [0.25, 0.3) is 0 Å². The normalized spacial score (nSPS) is 12.2. The molecule has 0 fully saturated rings. The second-order valence-electron chi connectivity index (χ2n) is 7.57. The minimum absolute atomic E-state index is 0.0164. The second kappa shape index (κ2) is 7.56. The molecule has 0 amide bonds. The number of aromatic nitrogens is 2. The molecular weight excluding hydrogens is 398 g/mol. The van der Waals surface area contributed by atoms with Crippen LogP contribution < -0.4 is 4.31 Å². The van der Waals surface area contributed by atoms with Gasteiger partial charge in [0.2, 0.25) is 0 Å². The Kier molecular flexibility index (Phi) is 5.50. The standard InChI is InChI=1S/C20H22ClN3O3S/c1-14-11-19(23-27-14)24(28(25,26)17-9-10-18(21)22-12-17)13-15-5-7-16(8-6-15)20(2,3)4/h5-12H,13H2,1-4H3. The minimum atomic E-state index is -3.90. The predicted molar refractivity (Wildman–Crippen MR) is 109 cm³/mol. The molecule has 6 nitrogen and oxygen atoms in total. The van der Waals surface area contributed by atoms with E-state index < -0.39 is 10.0 Å². The monoisotopic (exact) mass is 419 g/mol. The third kappa shape index (κ3) is 4.36. The highest BCUT2D eigenvalue weighted by molar-refractivity contribution is 7.92. The molecule has 2 aromatic heterocycles. The molecule has 3 rings (SSSR count). The summed E-state index contributed by atoms with van der Waals surface area (Å²) in [6, 6.07) is 12.3. The van der Waals surface area contributed by atoms with Gasteiger partial charge in [0.1, 0.15) is 15.8 Å². The van der Waals surface area contributed by atoms with Crippen molar-refractivity contribution in [3.05, 3.63) is 70.7 Å². The fourth-order valence-corrected chi connectivity index (χ4v) is 4.12. The Morgan fingerprint density at radius 2 is 1.79 bits per heavy atom. The zero-order valence-corrected chi connectivity index (χ0v) is 17.8. The molecule has 0 bridgehead atoms. The Bertz CT molecular complexity index is 1050. The van der Waals surface area contributed by atoms with Crippen LogP contribution in [-0.4, -0.2) is 18.6 Å². The first-order valence-corrected chi connectivity index (χ1v) is 10.6. The van der Waals surface area contributed by atoms with Crippen LogP contribution in [0.1, 0.15) is 37.7 Å². The molecule has 0 aliphatic carbocycles. The van der Waals surface area contributed by atoms with Crippen molar-refractivity contribution in [2.75, 3.05) is 4.31 Å². The quantitative estimate of drug-likeness (QED) is 0.559. The maximum absolute atomic E-state index is 13.2. The number of hydrogen-bond acceptors (Lipinski definition) is 5. The molecule has 0 radical (unpaired) electrons. The van der Waals surface area contributed by atoms with Crippen LogP contribution in [0.4, 0.5) is 5.82 Å². The van der Waals surface area contributed by atoms with E-state index in [2.05, 4.69) is 30.9 Å². The Morgan fingerprint density at radius 3 is 2.29 bits per heavy atom. The van der Waals surface area contributed by atoms with Crippen molar-refractivity contribution in [1.29, 1.82) is 0 Å². The lowest BCUT2D eigenvalue weighted by molar-refractivity contribution is 0.398. The summed E-state index contributed by atoms with van der Waals surface area (Å²) in [5.41, 5.74) is 2.02. The molecule has 0 aliphatic heterocycles. The SMILES string of the molecule is Cc1cc(N(Cc2ccc(C(C)(C)C)cc2)S(=O)(=O)c2ccc(Cl)nc2)no1. The Morgan fingerprint density at radius 1 is 1.11 bits per heavy atom. The maximum Gasteiger partial charge on any atom is 0.267 e. The molecule has 28 heavy (non-hydrogen) atoms. The van der Waals surface area contributed by atoms with Gasteiger partial charge in [-0.05, 0) is 35.6 Å². The Labute approximate surface area is 170 Å². The summed E-state index contributed by atoms with van der Waals surface area (Å²) in [5, 5.41) is 4.13. The molecule has 0 spiro atoms. The first-order chi connectivity index (χ1) is 13.1. The lowest BCUT2D eigenvalue weighted by Gasteiger charge is -2.23. The number of benzene rings is 1. The molecule has 148 valence electrons. The van der Waals surface area contributed by atoms with Crippen LogP contribution >= 0.6 is 11.6 Å². The minimum Gasteiger partial charge on any atom is -0.360 e. The zero-order valence-electron chi connectivity index (χ0n) is 16.2. The van der Waals surface area contributed by atoms with Crippen molar-refractivity contribution in [3.63, 3.8) is 0 Å². The van der Waals surface area contributed by atoms with Crippen LogP contribution in [-0.2, 0) is 22.0 Å². The smallest absolute Gasteiger partial charge is 0.267 e. The number of anilines is 1. The van der Waals surface area contributed by atoms with Crippen LogP contribution in [0, 0.1) is 6.92 Å². The molecular formula is C20H22ClN3O3S. The van der Waals surface area contributed by atoms with E-state index in [0.717, 1.165) is 5.56 Å². The summed E-state index contributed by atoms with van der Waals surface area (Å²) >= 11 is 5.80. The highest BCUT2D eigenvalue weighted by Crippen LogP contribution is 2.27. The zero-order chi connectivity index (χ0) is 20.5. The topological polar surface area (TPSA) is 76.3 Å². The molecule has 1 aromatic carbocycles. The van der Waals surface area contributed by atoms with E-state index in [0.29, 0.717) is 5.76 Å². The average Bonchev–Trinajstić information content (AvgIpc) is 3.05. The Balaban J connectivity index is 1.99. The number of hydrogen-bond donors (Lipinski definition) is 0. The molecule has 2 heterocycles. The van der Waals surface area contributed by atoms with Crippen LogP contribution in [0.15, 0.2) is 58.1 Å². The highest BCUT2D eigenvalue weighted by Gasteiger charge is 2.28. The van der Waals surface area contributed by atoms with Gasteiger partial charge in [0.15, 0.2) is 5.82 Å². The Hall–Kier alpha value is -2.38. The average molecular weight is 420 g/mol. The number of pyridine rings is 1. The summed E-state index contributed by atoms with van der Waals surface area (Å²) in [6.07, 6.45) is 1.24. The largest absolute Gasteiger partial charge is 0.360 e. The summed E-state index contributed by atoms with van der Waals surface area (Å²) < 4.78 is 32.8. The van der Waals surface area contributed by atoms with E-state index in [1.54, 1.807) is 13.0 Å². The van der Waals surface area contributed by atoms with Gasteiger partial charge in [0.25, 0.3) is 10.0 Å². The fraction of sp³-hybridized carbons (Fsp3) is 0.300. The van der Waals surface area contributed by atoms with Gasteiger partial charge in [-0.3, -0.25) is 0 Å². The van der Waals surface area contributed by atoms with Crippen molar-refractivity contribution in [3.8, 4) is 0 Å². The van der Waals surface area contributed by atoms with E-state index in [4.69, 9.17) is 16.1 Å².